The van der Waals surface area contributed by atoms with Gasteiger partial charge in [0, 0.05) is 6.42 Å². The first kappa shape index (κ1) is 21.2. The Labute approximate surface area is 189 Å². The molecule has 0 atom stereocenters. The van der Waals surface area contributed by atoms with Crippen molar-refractivity contribution in [2.24, 2.45) is 23.2 Å². The fourth-order valence-electron chi connectivity index (χ4n) is 7.19. The minimum Gasteiger partial charge on any atom is -0.465 e. The summed E-state index contributed by atoms with van der Waals surface area (Å²) in [6.07, 6.45) is 8.48. The SMILES string of the molecule is COC(=O)c1ccccc1Cn1nc(C)c(NC(=O)CC23CC4CC(CC(C4)C2)C3)c1C. The first-order chi connectivity index (χ1) is 15.4. The van der Waals surface area contributed by atoms with Crippen LogP contribution in [0.5, 0.6) is 0 Å². The number of ether oxygens (including phenoxy) is 1. The third-order valence-electron chi connectivity index (χ3n) is 8.09. The number of nitrogens with zero attached hydrogens (tertiary/aromatic N) is 2. The quantitative estimate of drug-likeness (QED) is 0.657. The van der Waals surface area contributed by atoms with Crippen molar-refractivity contribution in [2.75, 3.05) is 12.4 Å². The van der Waals surface area contributed by atoms with E-state index < -0.39 is 0 Å². The molecule has 4 aliphatic carbocycles. The maximum absolute atomic E-state index is 13.1. The molecule has 1 aromatic carbocycles. The summed E-state index contributed by atoms with van der Waals surface area (Å²) in [5.74, 6) is 2.29. The van der Waals surface area contributed by atoms with Gasteiger partial charge in [-0.05, 0) is 87.2 Å². The highest BCUT2D eigenvalue weighted by atomic mass is 16.5. The van der Waals surface area contributed by atoms with Gasteiger partial charge in [-0.1, -0.05) is 18.2 Å². The highest BCUT2D eigenvalue weighted by molar-refractivity contribution is 5.92. The molecule has 6 nitrogen and oxygen atoms in total. The second-order valence-corrected chi connectivity index (χ2v) is 10.5. The average Bonchev–Trinajstić information content (AvgIpc) is 2.99. The van der Waals surface area contributed by atoms with E-state index in [0.717, 1.165) is 40.4 Å². The lowest BCUT2D eigenvalue weighted by Gasteiger charge is -2.56. The highest BCUT2D eigenvalue weighted by Crippen LogP contribution is 2.61. The lowest BCUT2D eigenvalue weighted by atomic mass is 9.49. The fourth-order valence-corrected chi connectivity index (χ4v) is 7.19. The third kappa shape index (κ3) is 3.84. The lowest BCUT2D eigenvalue weighted by molar-refractivity contribution is -0.124. The topological polar surface area (TPSA) is 73.2 Å². The number of carbonyl (C=O) groups excluding carboxylic acids is 2. The first-order valence-electron chi connectivity index (χ1n) is 11.9. The molecular formula is C26H33N3O3. The number of aromatic nitrogens is 2. The summed E-state index contributed by atoms with van der Waals surface area (Å²) in [5.41, 5.74) is 4.11. The summed E-state index contributed by atoms with van der Waals surface area (Å²) in [4.78, 5) is 25.3. The van der Waals surface area contributed by atoms with E-state index in [-0.39, 0.29) is 17.3 Å². The van der Waals surface area contributed by atoms with E-state index in [1.807, 2.05) is 36.7 Å². The van der Waals surface area contributed by atoms with Crippen molar-refractivity contribution in [1.29, 1.82) is 0 Å². The molecule has 0 radical (unpaired) electrons. The Hall–Kier alpha value is -2.63. The van der Waals surface area contributed by atoms with Crippen molar-refractivity contribution in [1.82, 2.24) is 9.78 Å². The van der Waals surface area contributed by atoms with Crippen LogP contribution in [0, 0.1) is 37.0 Å². The van der Waals surface area contributed by atoms with Crippen LogP contribution < -0.4 is 5.32 Å². The number of amides is 1. The molecular weight excluding hydrogens is 402 g/mol. The van der Waals surface area contributed by atoms with E-state index in [0.29, 0.717) is 18.5 Å². The number of anilines is 1. The average molecular weight is 436 g/mol. The Morgan fingerprint density at radius 2 is 1.72 bits per heavy atom. The van der Waals surface area contributed by atoms with E-state index in [1.165, 1.54) is 45.6 Å². The van der Waals surface area contributed by atoms with Gasteiger partial charge < -0.3 is 10.1 Å². The smallest absolute Gasteiger partial charge is 0.338 e. The molecule has 4 aliphatic rings. The number of nitrogens with one attached hydrogen (secondary N) is 1. The first-order valence-corrected chi connectivity index (χ1v) is 11.9. The summed E-state index contributed by atoms with van der Waals surface area (Å²) >= 11 is 0. The van der Waals surface area contributed by atoms with Crippen LogP contribution in [0.1, 0.15) is 72.3 Å². The van der Waals surface area contributed by atoms with Crippen molar-refractivity contribution < 1.29 is 14.3 Å². The summed E-state index contributed by atoms with van der Waals surface area (Å²) in [5, 5.41) is 7.86. The molecule has 32 heavy (non-hydrogen) atoms. The van der Waals surface area contributed by atoms with Crippen LogP contribution in [0.25, 0.3) is 0 Å². The van der Waals surface area contributed by atoms with Gasteiger partial charge in [-0.2, -0.15) is 5.10 Å². The summed E-state index contributed by atoms with van der Waals surface area (Å²) < 4.78 is 6.77. The molecule has 6 rings (SSSR count). The number of hydrogen-bond donors (Lipinski definition) is 1. The van der Waals surface area contributed by atoms with Gasteiger partial charge in [0.25, 0.3) is 0 Å². The molecule has 0 unspecified atom stereocenters. The number of hydrogen-bond acceptors (Lipinski definition) is 4. The third-order valence-corrected chi connectivity index (χ3v) is 8.09. The van der Waals surface area contributed by atoms with Crippen LogP contribution in [-0.4, -0.2) is 28.8 Å². The minimum atomic E-state index is -0.355. The van der Waals surface area contributed by atoms with E-state index in [1.54, 1.807) is 6.07 Å². The molecule has 4 fully saturated rings. The summed E-state index contributed by atoms with van der Waals surface area (Å²) in [6.45, 7) is 4.35. The van der Waals surface area contributed by atoms with E-state index in [2.05, 4.69) is 10.4 Å². The molecule has 0 spiro atoms. The van der Waals surface area contributed by atoms with Gasteiger partial charge in [-0.25, -0.2) is 4.79 Å². The van der Waals surface area contributed by atoms with Crippen LogP contribution in [0.4, 0.5) is 5.69 Å². The van der Waals surface area contributed by atoms with E-state index in [9.17, 15) is 9.59 Å². The van der Waals surface area contributed by atoms with Gasteiger partial charge in [0.1, 0.15) is 0 Å². The highest BCUT2D eigenvalue weighted by Gasteiger charge is 2.51. The van der Waals surface area contributed by atoms with Gasteiger partial charge in [0.2, 0.25) is 5.91 Å². The number of aryl methyl sites for hydroxylation is 1. The molecule has 4 bridgehead atoms. The zero-order valence-electron chi connectivity index (χ0n) is 19.3. The molecule has 1 aromatic heterocycles. The number of esters is 1. The van der Waals surface area contributed by atoms with Crippen LogP contribution in [0.15, 0.2) is 24.3 Å². The fraction of sp³-hybridized carbons (Fsp3) is 0.577. The summed E-state index contributed by atoms with van der Waals surface area (Å²) in [7, 11) is 1.39. The minimum absolute atomic E-state index is 0.118. The van der Waals surface area contributed by atoms with Crippen LogP contribution in [0.3, 0.4) is 0 Å². The van der Waals surface area contributed by atoms with Gasteiger partial charge in [0.05, 0.1) is 36.3 Å². The van der Waals surface area contributed by atoms with Crippen molar-refractivity contribution >= 4 is 17.6 Å². The second-order valence-electron chi connectivity index (χ2n) is 10.5. The van der Waals surface area contributed by atoms with Crippen molar-refractivity contribution in [3.63, 3.8) is 0 Å². The van der Waals surface area contributed by atoms with Gasteiger partial charge in [-0.3, -0.25) is 9.48 Å². The summed E-state index contributed by atoms with van der Waals surface area (Å²) in [6, 6.07) is 7.41. The van der Waals surface area contributed by atoms with Crippen LogP contribution >= 0.6 is 0 Å². The number of rotatable bonds is 6. The largest absolute Gasteiger partial charge is 0.465 e. The van der Waals surface area contributed by atoms with Crippen LogP contribution in [-0.2, 0) is 16.1 Å². The Balaban J connectivity index is 1.31. The Morgan fingerprint density at radius 3 is 2.34 bits per heavy atom. The van der Waals surface area contributed by atoms with Crippen molar-refractivity contribution in [2.45, 2.75) is 65.3 Å². The molecule has 0 saturated heterocycles. The molecule has 6 heteroatoms. The Kier molecular flexibility index (Phi) is 5.34. The van der Waals surface area contributed by atoms with Crippen molar-refractivity contribution in [3.05, 3.63) is 46.8 Å². The van der Waals surface area contributed by atoms with Gasteiger partial charge in [-0.15, -0.1) is 0 Å². The lowest BCUT2D eigenvalue weighted by Crippen LogP contribution is -2.47. The predicted octanol–water partition coefficient (Wildman–Crippen LogP) is 4.88. The monoisotopic (exact) mass is 435 g/mol. The normalized spacial score (nSPS) is 28.0. The predicted molar refractivity (Wildman–Crippen MR) is 122 cm³/mol. The Morgan fingerprint density at radius 1 is 1.09 bits per heavy atom. The number of benzene rings is 1. The standard InChI is InChI=1S/C26H33N3O3/c1-16-24(17(2)29(28-16)15-21-6-4-5-7-22(21)25(31)32-3)27-23(30)14-26-11-18-8-19(12-26)10-20(9-18)13-26/h4-7,18-20H,8-15H2,1-3H3,(H,27,30). The van der Waals surface area contributed by atoms with E-state index in [4.69, 9.17) is 4.74 Å². The number of carbonyl (C=O) groups is 2. The maximum atomic E-state index is 13.1. The zero-order chi connectivity index (χ0) is 22.5. The maximum Gasteiger partial charge on any atom is 0.338 e. The van der Waals surface area contributed by atoms with Gasteiger partial charge >= 0.3 is 5.97 Å². The number of methoxy groups -OCH3 is 1. The zero-order valence-corrected chi connectivity index (χ0v) is 19.3. The van der Waals surface area contributed by atoms with E-state index >= 15 is 0 Å². The molecule has 4 saturated carbocycles. The molecule has 2 aromatic rings. The molecule has 1 heterocycles. The van der Waals surface area contributed by atoms with Crippen molar-refractivity contribution in [3.8, 4) is 0 Å². The van der Waals surface area contributed by atoms with Gasteiger partial charge in [0.15, 0.2) is 0 Å². The molecule has 1 N–H and O–H groups in total. The molecule has 0 aliphatic heterocycles. The Bertz CT molecular complexity index is 1020. The molecule has 170 valence electrons. The van der Waals surface area contributed by atoms with Crippen LogP contribution in [0.2, 0.25) is 0 Å². The second kappa shape index (κ2) is 8.05. The molecule has 1 amide bonds.